The highest BCUT2D eigenvalue weighted by molar-refractivity contribution is 6.32. The van der Waals surface area contributed by atoms with Gasteiger partial charge in [0.05, 0.1) is 31.4 Å². The molecule has 5 heteroatoms. The smallest absolute Gasteiger partial charge is 0.140 e. The summed E-state index contributed by atoms with van der Waals surface area (Å²) < 4.78 is 10.4. The SMILES string of the molecule is COc1ccc(N2CCOCC2C#N)cc1Cl. The van der Waals surface area contributed by atoms with Crippen LogP contribution in [0.15, 0.2) is 18.2 Å². The number of benzene rings is 1. The molecule has 1 fully saturated rings. The highest BCUT2D eigenvalue weighted by Gasteiger charge is 2.23. The summed E-state index contributed by atoms with van der Waals surface area (Å²) in [6.07, 6.45) is 0. The minimum Gasteiger partial charge on any atom is -0.495 e. The lowest BCUT2D eigenvalue weighted by atomic mass is 10.2. The molecule has 1 aromatic rings. The van der Waals surface area contributed by atoms with Crippen LogP contribution in [-0.4, -0.2) is 32.9 Å². The normalized spacial score (nSPS) is 19.8. The monoisotopic (exact) mass is 252 g/mol. The zero-order valence-electron chi connectivity index (χ0n) is 9.52. The van der Waals surface area contributed by atoms with Gasteiger partial charge < -0.3 is 14.4 Å². The van der Waals surface area contributed by atoms with Gasteiger partial charge in [0, 0.05) is 12.2 Å². The molecule has 1 heterocycles. The number of ether oxygens (including phenoxy) is 2. The quantitative estimate of drug-likeness (QED) is 0.809. The summed E-state index contributed by atoms with van der Waals surface area (Å²) in [5.74, 6) is 0.636. The lowest BCUT2D eigenvalue weighted by Crippen LogP contribution is -2.44. The molecule has 1 aliphatic heterocycles. The van der Waals surface area contributed by atoms with E-state index >= 15 is 0 Å². The Labute approximate surface area is 105 Å². The highest BCUT2D eigenvalue weighted by Crippen LogP contribution is 2.30. The molecular formula is C12H13ClN2O2. The highest BCUT2D eigenvalue weighted by atomic mass is 35.5. The van der Waals surface area contributed by atoms with Crippen molar-refractivity contribution in [2.24, 2.45) is 0 Å². The van der Waals surface area contributed by atoms with Crippen LogP contribution < -0.4 is 9.64 Å². The first kappa shape index (κ1) is 12.0. The van der Waals surface area contributed by atoms with Crippen LogP contribution in [0.5, 0.6) is 5.75 Å². The fraction of sp³-hybridized carbons (Fsp3) is 0.417. The molecule has 0 aromatic heterocycles. The average molecular weight is 253 g/mol. The van der Waals surface area contributed by atoms with Crippen LogP contribution in [0.1, 0.15) is 0 Å². The maximum absolute atomic E-state index is 9.06. The predicted molar refractivity (Wildman–Crippen MR) is 65.6 cm³/mol. The third kappa shape index (κ3) is 2.46. The van der Waals surface area contributed by atoms with Gasteiger partial charge in [-0.25, -0.2) is 0 Å². The molecule has 2 rings (SSSR count). The van der Waals surface area contributed by atoms with Crippen molar-refractivity contribution < 1.29 is 9.47 Å². The standard InChI is InChI=1S/C12H13ClN2O2/c1-16-12-3-2-9(6-11(12)13)15-4-5-17-8-10(15)7-14/h2-3,6,10H,4-5,8H2,1H3. The molecule has 1 unspecified atom stereocenters. The lowest BCUT2D eigenvalue weighted by Gasteiger charge is -2.33. The molecule has 90 valence electrons. The molecule has 1 aromatic carbocycles. The van der Waals surface area contributed by atoms with Gasteiger partial charge >= 0.3 is 0 Å². The average Bonchev–Trinajstić information content (AvgIpc) is 2.38. The summed E-state index contributed by atoms with van der Waals surface area (Å²) in [6, 6.07) is 7.50. The zero-order chi connectivity index (χ0) is 12.3. The predicted octanol–water partition coefficient (Wildman–Crippen LogP) is 2.08. The van der Waals surface area contributed by atoms with Crippen LogP contribution >= 0.6 is 11.6 Å². The Kier molecular flexibility index (Phi) is 3.72. The van der Waals surface area contributed by atoms with E-state index in [1.807, 2.05) is 23.1 Å². The number of hydrogen-bond acceptors (Lipinski definition) is 4. The Hall–Kier alpha value is -1.44. The van der Waals surface area contributed by atoms with Crippen LogP contribution in [0.3, 0.4) is 0 Å². The number of rotatable bonds is 2. The van der Waals surface area contributed by atoms with Gasteiger partial charge in [0.25, 0.3) is 0 Å². The Morgan fingerprint density at radius 1 is 1.59 bits per heavy atom. The number of methoxy groups -OCH3 is 1. The Balaban J connectivity index is 2.27. The van der Waals surface area contributed by atoms with Crippen LogP contribution in [0.4, 0.5) is 5.69 Å². The third-order valence-corrected chi connectivity index (χ3v) is 3.04. The van der Waals surface area contributed by atoms with Gasteiger partial charge in [0.15, 0.2) is 0 Å². The lowest BCUT2D eigenvalue weighted by molar-refractivity contribution is 0.107. The first-order chi connectivity index (χ1) is 8.26. The van der Waals surface area contributed by atoms with E-state index in [0.717, 1.165) is 5.69 Å². The molecule has 4 nitrogen and oxygen atoms in total. The molecule has 0 spiro atoms. The molecule has 0 saturated carbocycles. The summed E-state index contributed by atoms with van der Waals surface area (Å²) in [5.41, 5.74) is 0.922. The van der Waals surface area contributed by atoms with Crippen molar-refractivity contribution in [2.45, 2.75) is 6.04 Å². The molecule has 0 aliphatic carbocycles. The van der Waals surface area contributed by atoms with E-state index in [1.54, 1.807) is 7.11 Å². The molecule has 0 radical (unpaired) electrons. The Bertz CT molecular complexity index is 445. The molecule has 0 bridgehead atoms. The van der Waals surface area contributed by atoms with Gasteiger partial charge in [-0.15, -0.1) is 0 Å². The number of anilines is 1. The zero-order valence-corrected chi connectivity index (χ0v) is 10.3. The van der Waals surface area contributed by atoms with Crippen LogP contribution in [0.2, 0.25) is 5.02 Å². The van der Waals surface area contributed by atoms with Gasteiger partial charge in [-0.2, -0.15) is 5.26 Å². The molecule has 0 amide bonds. The first-order valence-electron chi connectivity index (χ1n) is 5.34. The fourth-order valence-corrected chi connectivity index (χ4v) is 2.11. The Morgan fingerprint density at radius 2 is 2.41 bits per heavy atom. The number of nitriles is 1. The minimum atomic E-state index is -0.256. The van der Waals surface area contributed by atoms with Crippen molar-refractivity contribution in [2.75, 3.05) is 31.8 Å². The first-order valence-corrected chi connectivity index (χ1v) is 5.71. The molecule has 0 N–H and O–H groups in total. The molecule has 1 saturated heterocycles. The number of morpholine rings is 1. The van der Waals surface area contributed by atoms with E-state index in [0.29, 0.717) is 30.5 Å². The van der Waals surface area contributed by atoms with E-state index in [-0.39, 0.29) is 6.04 Å². The number of hydrogen-bond donors (Lipinski definition) is 0. The second-order valence-corrected chi connectivity index (χ2v) is 4.14. The van der Waals surface area contributed by atoms with Crippen LogP contribution in [0, 0.1) is 11.3 Å². The Morgan fingerprint density at radius 3 is 3.06 bits per heavy atom. The second-order valence-electron chi connectivity index (χ2n) is 3.73. The molecule has 1 atom stereocenters. The van der Waals surface area contributed by atoms with Crippen molar-refractivity contribution >= 4 is 17.3 Å². The van der Waals surface area contributed by atoms with E-state index in [2.05, 4.69) is 6.07 Å². The van der Waals surface area contributed by atoms with Crippen molar-refractivity contribution in [3.8, 4) is 11.8 Å². The molecule has 1 aliphatic rings. The summed E-state index contributed by atoms with van der Waals surface area (Å²) in [7, 11) is 1.58. The fourth-order valence-electron chi connectivity index (χ4n) is 1.85. The summed E-state index contributed by atoms with van der Waals surface area (Å²) in [6.45, 7) is 1.75. The van der Waals surface area contributed by atoms with E-state index < -0.39 is 0 Å². The largest absolute Gasteiger partial charge is 0.495 e. The maximum Gasteiger partial charge on any atom is 0.140 e. The second kappa shape index (κ2) is 5.26. The number of halogens is 1. The molecular weight excluding hydrogens is 240 g/mol. The summed E-state index contributed by atoms with van der Waals surface area (Å²) in [4.78, 5) is 1.99. The minimum absolute atomic E-state index is 0.256. The van der Waals surface area contributed by atoms with E-state index in [9.17, 15) is 0 Å². The van der Waals surface area contributed by atoms with E-state index in [1.165, 1.54) is 0 Å². The van der Waals surface area contributed by atoms with Crippen molar-refractivity contribution in [3.05, 3.63) is 23.2 Å². The van der Waals surface area contributed by atoms with Gasteiger partial charge in [-0.05, 0) is 18.2 Å². The van der Waals surface area contributed by atoms with Crippen LogP contribution in [-0.2, 0) is 4.74 Å². The molecule has 17 heavy (non-hydrogen) atoms. The topological polar surface area (TPSA) is 45.5 Å². The van der Waals surface area contributed by atoms with Crippen LogP contribution in [0.25, 0.3) is 0 Å². The summed E-state index contributed by atoms with van der Waals surface area (Å²) in [5, 5.41) is 9.61. The maximum atomic E-state index is 9.06. The number of nitrogens with zero attached hydrogens (tertiary/aromatic N) is 2. The third-order valence-electron chi connectivity index (χ3n) is 2.74. The van der Waals surface area contributed by atoms with Gasteiger partial charge in [0.1, 0.15) is 11.8 Å². The van der Waals surface area contributed by atoms with Crippen molar-refractivity contribution in [1.29, 1.82) is 5.26 Å². The van der Waals surface area contributed by atoms with Crippen molar-refractivity contribution in [3.63, 3.8) is 0 Å². The van der Waals surface area contributed by atoms with Gasteiger partial charge in [0.2, 0.25) is 0 Å². The van der Waals surface area contributed by atoms with Crippen molar-refractivity contribution in [1.82, 2.24) is 0 Å². The van der Waals surface area contributed by atoms with E-state index in [4.69, 9.17) is 26.3 Å². The van der Waals surface area contributed by atoms with Gasteiger partial charge in [-0.3, -0.25) is 0 Å². The summed E-state index contributed by atoms with van der Waals surface area (Å²) >= 11 is 6.07. The van der Waals surface area contributed by atoms with Gasteiger partial charge in [-0.1, -0.05) is 11.6 Å².